The van der Waals surface area contributed by atoms with E-state index in [0.29, 0.717) is 62.2 Å². The summed E-state index contributed by atoms with van der Waals surface area (Å²) in [4.78, 5) is 33.3. The number of nitrogens with zero attached hydrogens (tertiary/aromatic N) is 6. The molecule has 35 heavy (non-hydrogen) atoms. The third-order valence-corrected chi connectivity index (χ3v) is 6.60. The van der Waals surface area contributed by atoms with Gasteiger partial charge < -0.3 is 30.3 Å². The van der Waals surface area contributed by atoms with Crippen LogP contribution in [0.2, 0.25) is 0 Å². The first-order valence-electron chi connectivity index (χ1n) is 11.6. The van der Waals surface area contributed by atoms with E-state index in [1.54, 1.807) is 30.4 Å². The molecule has 0 radical (unpaired) electrons. The second-order valence-electron chi connectivity index (χ2n) is 9.21. The average molecular weight is 491 g/mol. The van der Waals surface area contributed by atoms with Gasteiger partial charge in [-0.25, -0.2) is 28.5 Å². The number of urea groups is 1. The fourth-order valence-electron chi connectivity index (χ4n) is 4.32. The lowest BCUT2D eigenvalue weighted by Crippen LogP contribution is -2.57. The number of anilines is 2. The van der Waals surface area contributed by atoms with Crippen molar-refractivity contribution in [2.75, 3.05) is 44.0 Å². The molecule has 3 N–H and O–H groups in total. The number of aromatic nitrogens is 4. The average Bonchev–Trinajstić information content (AvgIpc) is 2.80. The van der Waals surface area contributed by atoms with E-state index in [-0.39, 0.29) is 37.0 Å². The molecule has 0 spiro atoms. The van der Waals surface area contributed by atoms with Gasteiger partial charge in [0.05, 0.1) is 18.9 Å². The molecule has 2 aliphatic carbocycles. The number of hydrogen-bond donors (Lipinski definition) is 2. The Morgan fingerprint density at radius 1 is 1.23 bits per heavy atom. The second kappa shape index (κ2) is 9.36. The molecule has 3 heterocycles. The van der Waals surface area contributed by atoms with Gasteiger partial charge in [0.15, 0.2) is 0 Å². The summed E-state index contributed by atoms with van der Waals surface area (Å²) in [6.07, 6.45) is 3.69. The lowest BCUT2D eigenvalue weighted by atomic mass is 9.87. The van der Waals surface area contributed by atoms with Crippen molar-refractivity contribution in [2.24, 2.45) is 0 Å². The number of rotatable bonds is 6. The number of carbonyl (C=O) groups is 1. The summed E-state index contributed by atoms with van der Waals surface area (Å²) >= 11 is 0. The van der Waals surface area contributed by atoms with E-state index in [0.717, 1.165) is 0 Å². The van der Waals surface area contributed by atoms with E-state index in [2.05, 4.69) is 25.3 Å². The highest BCUT2D eigenvalue weighted by atomic mass is 19.3. The summed E-state index contributed by atoms with van der Waals surface area (Å²) in [6, 6.07) is 0.893. The molecule has 13 heteroatoms. The van der Waals surface area contributed by atoms with Crippen molar-refractivity contribution in [2.45, 2.75) is 49.8 Å². The zero-order valence-electron chi connectivity index (χ0n) is 19.4. The zero-order chi connectivity index (χ0) is 24.6. The van der Waals surface area contributed by atoms with E-state index >= 15 is 0 Å². The lowest BCUT2D eigenvalue weighted by Gasteiger charge is -2.42. The third-order valence-electron chi connectivity index (χ3n) is 6.60. The van der Waals surface area contributed by atoms with Crippen molar-refractivity contribution in [3.8, 4) is 17.1 Å². The normalized spacial score (nSPS) is 23.7. The Labute approximate surface area is 201 Å². The molecule has 0 bridgehead atoms. The number of amides is 2. The summed E-state index contributed by atoms with van der Waals surface area (Å²) in [7, 11) is 1.67. The Morgan fingerprint density at radius 3 is 2.57 bits per heavy atom. The maximum Gasteiger partial charge on any atom is 0.317 e. The van der Waals surface area contributed by atoms with Crippen LogP contribution < -0.4 is 20.7 Å². The minimum Gasteiger partial charge on any atom is -0.474 e. The highest BCUT2D eigenvalue weighted by Crippen LogP contribution is 2.38. The lowest BCUT2D eigenvalue weighted by molar-refractivity contribution is -0.0906. The molecule has 0 aromatic carbocycles. The van der Waals surface area contributed by atoms with E-state index in [4.69, 9.17) is 15.2 Å². The van der Waals surface area contributed by atoms with Gasteiger partial charge in [-0.2, -0.15) is 4.98 Å². The van der Waals surface area contributed by atoms with Gasteiger partial charge in [-0.15, -0.1) is 0 Å². The molecule has 2 amide bonds. The monoisotopic (exact) mass is 490 g/mol. The van der Waals surface area contributed by atoms with Crippen LogP contribution in [-0.2, 0) is 4.74 Å². The number of nitrogen functional groups attached to an aromatic ring is 1. The fraction of sp³-hybridized carbons (Fsp3) is 0.591. The molecule has 1 aliphatic heterocycles. The van der Waals surface area contributed by atoms with Crippen LogP contribution in [0.25, 0.3) is 11.3 Å². The Hall–Kier alpha value is -3.35. The molecule has 0 atom stereocenters. The first kappa shape index (κ1) is 23.4. The first-order valence-corrected chi connectivity index (χ1v) is 11.6. The predicted octanol–water partition coefficient (Wildman–Crippen LogP) is 1.70. The number of morpholine rings is 1. The van der Waals surface area contributed by atoms with Crippen LogP contribution in [0.15, 0.2) is 18.5 Å². The van der Waals surface area contributed by atoms with Gasteiger partial charge in [0.2, 0.25) is 17.8 Å². The van der Waals surface area contributed by atoms with Gasteiger partial charge in [0.25, 0.3) is 5.92 Å². The molecule has 11 nitrogen and oxygen atoms in total. The molecular weight excluding hydrogens is 462 g/mol. The molecule has 2 aromatic heterocycles. The molecule has 2 aromatic rings. The van der Waals surface area contributed by atoms with Crippen LogP contribution >= 0.6 is 0 Å². The highest BCUT2D eigenvalue weighted by molar-refractivity contribution is 5.75. The van der Waals surface area contributed by atoms with Gasteiger partial charge in [-0.05, 0) is 0 Å². The van der Waals surface area contributed by atoms with Crippen molar-refractivity contribution in [1.29, 1.82) is 0 Å². The van der Waals surface area contributed by atoms with Gasteiger partial charge in [0.1, 0.15) is 6.10 Å². The Bertz CT molecular complexity index is 1050. The van der Waals surface area contributed by atoms with Crippen LogP contribution in [0.1, 0.15) is 25.7 Å². The summed E-state index contributed by atoms with van der Waals surface area (Å²) < 4.78 is 37.6. The van der Waals surface area contributed by atoms with E-state index in [1.165, 1.54) is 0 Å². The minimum absolute atomic E-state index is 0.0360. The molecule has 188 valence electrons. The minimum atomic E-state index is -2.67. The van der Waals surface area contributed by atoms with Crippen LogP contribution in [0, 0.1) is 0 Å². The molecule has 3 aliphatic rings. The largest absolute Gasteiger partial charge is 0.474 e. The van der Waals surface area contributed by atoms with Gasteiger partial charge in [0, 0.05) is 81.9 Å². The van der Waals surface area contributed by atoms with Crippen LogP contribution in [0.5, 0.6) is 5.88 Å². The van der Waals surface area contributed by atoms with Gasteiger partial charge in [-0.3, -0.25) is 0 Å². The summed E-state index contributed by atoms with van der Waals surface area (Å²) in [5.74, 6) is -1.55. The summed E-state index contributed by atoms with van der Waals surface area (Å²) in [5.41, 5.74) is 6.91. The number of hydrogen-bond acceptors (Lipinski definition) is 9. The standard InChI is InChI=1S/C22H28F2N8O3/c1-31(21(33)28-14-9-22(23,24)10-14)15-6-16(7-15)35-18-8-17(13-11-26-19(25)27-12-13)29-20(30-18)32-2-4-34-5-3-32/h8,11-12,14-16H,2-7,9-10H2,1H3,(H,28,33)(H2,25,26,27)/t15-,16-. The molecule has 2 saturated carbocycles. The van der Waals surface area contributed by atoms with Crippen molar-refractivity contribution in [1.82, 2.24) is 30.2 Å². The van der Waals surface area contributed by atoms with Crippen molar-refractivity contribution in [3.63, 3.8) is 0 Å². The predicted molar refractivity (Wildman–Crippen MR) is 122 cm³/mol. The maximum absolute atomic E-state index is 13.0. The number of nitrogens with two attached hydrogens (primary N) is 1. The first-order chi connectivity index (χ1) is 16.8. The molecule has 3 fully saturated rings. The van der Waals surface area contributed by atoms with Gasteiger partial charge in [-0.1, -0.05) is 0 Å². The Balaban J connectivity index is 1.23. The smallest absolute Gasteiger partial charge is 0.317 e. The van der Waals surface area contributed by atoms with Crippen molar-refractivity contribution in [3.05, 3.63) is 18.5 Å². The maximum atomic E-state index is 13.0. The van der Waals surface area contributed by atoms with E-state index < -0.39 is 12.0 Å². The SMILES string of the molecule is CN(C(=O)NC1CC(F)(F)C1)[C@H]1C[C@H](Oc2cc(-c3cnc(N)nc3)nc(N3CCOCC3)n2)C1. The molecule has 5 rings (SSSR count). The van der Waals surface area contributed by atoms with E-state index in [9.17, 15) is 13.6 Å². The number of halogens is 2. The van der Waals surface area contributed by atoms with E-state index in [1.807, 2.05) is 4.90 Å². The topological polar surface area (TPSA) is 132 Å². The zero-order valence-corrected chi connectivity index (χ0v) is 19.4. The quantitative estimate of drug-likeness (QED) is 0.621. The Kier molecular flexibility index (Phi) is 6.26. The molecule has 0 unspecified atom stereocenters. The summed E-state index contributed by atoms with van der Waals surface area (Å²) in [6.45, 7) is 2.51. The number of nitrogens with one attached hydrogen (secondary N) is 1. The van der Waals surface area contributed by atoms with Crippen LogP contribution in [0.3, 0.4) is 0 Å². The second-order valence-corrected chi connectivity index (χ2v) is 9.21. The number of ether oxygens (including phenoxy) is 2. The van der Waals surface area contributed by atoms with Crippen LogP contribution in [-0.4, -0.2) is 88.3 Å². The highest BCUT2D eigenvalue weighted by Gasteiger charge is 2.46. The van der Waals surface area contributed by atoms with Crippen LogP contribution in [0.4, 0.5) is 25.5 Å². The molecular formula is C22H28F2N8O3. The third kappa shape index (κ3) is 5.34. The Morgan fingerprint density at radius 2 is 1.91 bits per heavy atom. The molecule has 1 saturated heterocycles. The van der Waals surface area contributed by atoms with Crippen molar-refractivity contribution >= 4 is 17.9 Å². The number of alkyl halides is 2. The van der Waals surface area contributed by atoms with Crippen molar-refractivity contribution < 1.29 is 23.0 Å². The van der Waals surface area contributed by atoms with Gasteiger partial charge >= 0.3 is 6.03 Å². The fourth-order valence-corrected chi connectivity index (χ4v) is 4.32. The summed E-state index contributed by atoms with van der Waals surface area (Å²) in [5, 5.41) is 2.67. The number of carbonyl (C=O) groups excluding carboxylic acids is 1.